The molecule has 0 unspecified atom stereocenters. The van der Waals surface area contributed by atoms with Gasteiger partial charge in [-0.05, 0) is 66.2 Å². The molecule has 7 heteroatoms. The van der Waals surface area contributed by atoms with Crippen molar-refractivity contribution in [3.8, 4) is 0 Å². The summed E-state index contributed by atoms with van der Waals surface area (Å²) in [6, 6.07) is 1.80. The molecule has 7 nitrogen and oxygen atoms in total. The number of aryl methyl sites for hydroxylation is 2. The molecular weight excluding hydrogens is 356 g/mol. The van der Waals surface area contributed by atoms with E-state index in [0.717, 1.165) is 45.3 Å². The van der Waals surface area contributed by atoms with E-state index in [4.69, 9.17) is 4.74 Å². The highest BCUT2D eigenvalue weighted by Crippen LogP contribution is 2.22. The number of unbranched alkanes of at least 4 members (excludes halogenated alkanes) is 1. The number of amides is 2. The van der Waals surface area contributed by atoms with Gasteiger partial charge in [-0.15, -0.1) is 0 Å². The molecule has 0 saturated carbocycles. The van der Waals surface area contributed by atoms with E-state index in [9.17, 15) is 9.59 Å². The zero-order valence-electron chi connectivity index (χ0n) is 17.9. The number of likely N-dealkylation sites (tertiary alicyclic amines) is 1. The van der Waals surface area contributed by atoms with Gasteiger partial charge in [0.25, 0.3) is 0 Å². The van der Waals surface area contributed by atoms with E-state index < -0.39 is 5.97 Å². The van der Waals surface area contributed by atoms with Crippen LogP contribution in [0.3, 0.4) is 0 Å². The van der Waals surface area contributed by atoms with Crippen LogP contribution in [0.5, 0.6) is 0 Å². The average molecular weight is 391 g/mol. The van der Waals surface area contributed by atoms with Crippen molar-refractivity contribution in [1.29, 1.82) is 0 Å². The molecule has 1 N–H and O–H groups in total. The quantitative estimate of drug-likeness (QED) is 0.720. The molecule has 1 saturated heterocycles. The standard InChI is InChI=1S/C21H34N4O3/c1-6-8-11-25(17-9-12-24(5)13-10-17)21(27)23-19-14-18(20(26)28-7-2)15(3)22-16(19)4/h14,17H,6-13H2,1-5H3,(H,23,27). The fourth-order valence-corrected chi connectivity index (χ4v) is 3.54. The van der Waals surface area contributed by atoms with E-state index >= 15 is 0 Å². The number of hydrogen-bond donors (Lipinski definition) is 1. The number of nitrogens with one attached hydrogen (secondary N) is 1. The van der Waals surface area contributed by atoms with E-state index in [1.807, 2.05) is 11.8 Å². The number of nitrogens with zero attached hydrogens (tertiary/aromatic N) is 3. The molecule has 2 rings (SSSR count). The maximum absolute atomic E-state index is 13.1. The van der Waals surface area contributed by atoms with Gasteiger partial charge in [0.2, 0.25) is 0 Å². The number of anilines is 1. The molecule has 0 spiro atoms. The Morgan fingerprint density at radius 1 is 1.25 bits per heavy atom. The van der Waals surface area contributed by atoms with E-state index in [2.05, 4.69) is 29.2 Å². The monoisotopic (exact) mass is 390 g/mol. The molecule has 2 amide bonds. The van der Waals surface area contributed by atoms with E-state index in [-0.39, 0.29) is 12.1 Å². The molecule has 28 heavy (non-hydrogen) atoms. The fraction of sp³-hybridized carbons (Fsp3) is 0.667. The summed E-state index contributed by atoms with van der Waals surface area (Å²) in [6.07, 6.45) is 3.97. The second-order valence-electron chi connectivity index (χ2n) is 7.49. The van der Waals surface area contributed by atoms with Crippen LogP contribution in [0.25, 0.3) is 0 Å². The zero-order valence-corrected chi connectivity index (χ0v) is 17.9. The molecule has 1 aromatic rings. The Bertz CT molecular complexity index is 684. The van der Waals surface area contributed by atoms with Crippen molar-refractivity contribution >= 4 is 17.7 Å². The van der Waals surface area contributed by atoms with Crippen LogP contribution in [0, 0.1) is 13.8 Å². The summed E-state index contributed by atoms with van der Waals surface area (Å²) in [5.74, 6) is -0.416. The predicted octanol–water partition coefficient (Wildman–Crippen LogP) is 3.60. The Balaban J connectivity index is 2.19. The smallest absolute Gasteiger partial charge is 0.340 e. The van der Waals surface area contributed by atoms with E-state index in [0.29, 0.717) is 29.2 Å². The van der Waals surface area contributed by atoms with Crippen LogP contribution < -0.4 is 5.32 Å². The second kappa shape index (κ2) is 10.4. The Morgan fingerprint density at radius 2 is 1.93 bits per heavy atom. The van der Waals surface area contributed by atoms with Gasteiger partial charge in [-0.2, -0.15) is 0 Å². The van der Waals surface area contributed by atoms with Crippen LogP contribution in [0.2, 0.25) is 0 Å². The van der Waals surface area contributed by atoms with Gasteiger partial charge in [-0.1, -0.05) is 13.3 Å². The van der Waals surface area contributed by atoms with Crippen LogP contribution in [0.15, 0.2) is 6.07 Å². The highest BCUT2D eigenvalue weighted by Gasteiger charge is 2.27. The predicted molar refractivity (Wildman–Crippen MR) is 111 cm³/mol. The SMILES string of the molecule is CCCCN(C(=O)Nc1cc(C(=O)OCC)c(C)nc1C)C1CCN(C)CC1. The summed E-state index contributed by atoms with van der Waals surface area (Å²) in [7, 11) is 2.12. The average Bonchev–Trinajstić information content (AvgIpc) is 2.65. The number of pyridine rings is 1. The maximum Gasteiger partial charge on any atom is 0.340 e. The largest absolute Gasteiger partial charge is 0.462 e. The highest BCUT2D eigenvalue weighted by atomic mass is 16.5. The van der Waals surface area contributed by atoms with Crippen molar-refractivity contribution in [2.45, 2.75) is 59.4 Å². The lowest BCUT2D eigenvalue weighted by Gasteiger charge is -2.37. The van der Waals surface area contributed by atoms with Crippen LogP contribution in [0.4, 0.5) is 10.5 Å². The molecule has 2 heterocycles. The van der Waals surface area contributed by atoms with Crippen molar-refractivity contribution in [1.82, 2.24) is 14.8 Å². The third kappa shape index (κ3) is 5.67. The van der Waals surface area contributed by atoms with Gasteiger partial charge in [0, 0.05) is 12.6 Å². The number of hydrogen-bond acceptors (Lipinski definition) is 5. The van der Waals surface area contributed by atoms with Gasteiger partial charge in [-0.3, -0.25) is 4.98 Å². The van der Waals surface area contributed by atoms with Crippen molar-refractivity contribution < 1.29 is 14.3 Å². The summed E-state index contributed by atoms with van der Waals surface area (Å²) in [5, 5.41) is 3.00. The molecule has 1 aliphatic rings. The third-order valence-corrected chi connectivity index (χ3v) is 5.28. The molecule has 1 aliphatic heterocycles. The molecule has 1 aromatic heterocycles. The fourth-order valence-electron chi connectivity index (χ4n) is 3.54. The number of aromatic nitrogens is 1. The number of carbonyl (C=O) groups excluding carboxylic acids is 2. The Labute approximate surface area is 168 Å². The van der Waals surface area contributed by atoms with Gasteiger partial charge >= 0.3 is 12.0 Å². The Morgan fingerprint density at radius 3 is 2.54 bits per heavy atom. The first-order valence-corrected chi connectivity index (χ1v) is 10.3. The highest BCUT2D eigenvalue weighted by molar-refractivity contribution is 5.95. The minimum atomic E-state index is -0.416. The molecule has 0 aliphatic carbocycles. The second-order valence-corrected chi connectivity index (χ2v) is 7.49. The van der Waals surface area contributed by atoms with Crippen molar-refractivity contribution in [3.05, 3.63) is 23.0 Å². The maximum atomic E-state index is 13.1. The van der Waals surface area contributed by atoms with Crippen LogP contribution in [-0.2, 0) is 4.74 Å². The van der Waals surface area contributed by atoms with Crippen molar-refractivity contribution in [2.24, 2.45) is 0 Å². The first kappa shape index (κ1) is 22.1. The Hall–Kier alpha value is -2.15. The normalized spacial score (nSPS) is 15.3. The zero-order chi connectivity index (χ0) is 20.7. The minimum Gasteiger partial charge on any atom is -0.462 e. The van der Waals surface area contributed by atoms with Crippen LogP contribution >= 0.6 is 0 Å². The van der Waals surface area contributed by atoms with Gasteiger partial charge in [0.1, 0.15) is 0 Å². The minimum absolute atomic E-state index is 0.119. The van der Waals surface area contributed by atoms with Crippen molar-refractivity contribution in [3.63, 3.8) is 0 Å². The number of carbonyl (C=O) groups is 2. The number of ether oxygens (including phenoxy) is 1. The number of esters is 1. The number of piperidine rings is 1. The topological polar surface area (TPSA) is 74.8 Å². The van der Waals surface area contributed by atoms with Crippen LogP contribution in [0.1, 0.15) is 61.3 Å². The first-order valence-electron chi connectivity index (χ1n) is 10.3. The van der Waals surface area contributed by atoms with Crippen LogP contribution in [-0.4, -0.2) is 66.1 Å². The summed E-state index contributed by atoms with van der Waals surface area (Å²) in [4.78, 5) is 34.0. The number of rotatable bonds is 7. The van der Waals surface area contributed by atoms with Gasteiger partial charge < -0.3 is 19.9 Å². The summed E-state index contributed by atoms with van der Waals surface area (Å²) < 4.78 is 5.11. The molecule has 0 radical (unpaired) electrons. The lowest BCUT2D eigenvalue weighted by atomic mass is 10.0. The summed E-state index contributed by atoms with van der Waals surface area (Å²) in [6.45, 7) is 10.5. The third-order valence-electron chi connectivity index (χ3n) is 5.28. The summed E-state index contributed by atoms with van der Waals surface area (Å²) in [5.41, 5.74) is 2.25. The molecule has 1 fully saturated rings. The van der Waals surface area contributed by atoms with E-state index in [1.165, 1.54) is 0 Å². The summed E-state index contributed by atoms with van der Waals surface area (Å²) >= 11 is 0. The molecule has 156 valence electrons. The van der Waals surface area contributed by atoms with Crippen molar-refractivity contribution in [2.75, 3.05) is 38.6 Å². The van der Waals surface area contributed by atoms with Gasteiger partial charge in [0.15, 0.2) is 0 Å². The molecular formula is C21H34N4O3. The lowest BCUT2D eigenvalue weighted by Crippen LogP contribution is -2.48. The lowest BCUT2D eigenvalue weighted by molar-refractivity contribution is 0.0525. The molecule has 0 bridgehead atoms. The molecule has 0 aromatic carbocycles. The number of urea groups is 1. The van der Waals surface area contributed by atoms with Gasteiger partial charge in [-0.25, -0.2) is 9.59 Å². The Kier molecular flexibility index (Phi) is 8.23. The van der Waals surface area contributed by atoms with E-state index in [1.54, 1.807) is 19.9 Å². The van der Waals surface area contributed by atoms with Gasteiger partial charge in [0.05, 0.1) is 29.2 Å². The first-order chi connectivity index (χ1) is 13.4. The molecule has 0 atom stereocenters.